The molecule has 2 aliphatic rings. The van der Waals surface area contributed by atoms with Gasteiger partial charge in [-0.2, -0.15) is 0 Å². The summed E-state index contributed by atoms with van der Waals surface area (Å²) in [5.41, 5.74) is 1.37. The van der Waals surface area contributed by atoms with Crippen LogP contribution in [0, 0.1) is 0 Å². The molecule has 1 saturated heterocycles. The van der Waals surface area contributed by atoms with E-state index < -0.39 is 65.6 Å². The normalized spacial score (nSPS) is 24.3. The first-order valence-corrected chi connectivity index (χ1v) is 19.1. The molecule has 1 saturated carbocycles. The van der Waals surface area contributed by atoms with Crippen molar-refractivity contribution in [2.45, 2.75) is 121 Å². The van der Waals surface area contributed by atoms with Crippen molar-refractivity contribution in [3.63, 3.8) is 0 Å². The monoisotopic (exact) mass is 759 g/mol. The van der Waals surface area contributed by atoms with Crippen LogP contribution in [-0.4, -0.2) is 91.3 Å². The molecule has 55 heavy (non-hydrogen) atoms. The smallest absolute Gasteiger partial charge is 0.323 e. The van der Waals surface area contributed by atoms with E-state index in [0.29, 0.717) is 6.42 Å². The third-order valence-corrected chi connectivity index (χ3v) is 9.11. The number of carbonyl (C=O) groups is 3. The third-order valence-electron chi connectivity index (χ3n) is 9.11. The average Bonchev–Trinajstić information content (AvgIpc) is 3.55. The lowest BCUT2D eigenvalue weighted by Crippen LogP contribution is -2.76. The molecule has 1 heterocycles. The van der Waals surface area contributed by atoms with Gasteiger partial charge >= 0.3 is 17.9 Å². The van der Waals surface area contributed by atoms with Crippen LogP contribution in [0.5, 0.6) is 0 Å². The van der Waals surface area contributed by atoms with Crippen LogP contribution < -0.4 is 16.0 Å². The van der Waals surface area contributed by atoms with E-state index in [4.69, 9.17) is 28.4 Å². The molecule has 5 rings (SSSR count). The van der Waals surface area contributed by atoms with Gasteiger partial charge in [-0.1, -0.05) is 91.0 Å². The summed E-state index contributed by atoms with van der Waals surface area (Å²) in [7, 11) is 0. The average molecular weight is 760 g/mol. The first kappa shape index (κ1) is 42.0. The molecule has 12 nitrogen and oxygen atoms in total. The Morgan fingerprint density at radius 2 is 0.964 bits per heavy atom. The van der Waals surface area contributed by atoms with Gasteiger partial charge in [0.15, 0.2) is 0 Å². The van der Waals surface area contributed by atoms with Gasteiger partial charge in [0.05, 0.1) is 76.0 Å². The highest BCUT2D eigenvalue weighted by Crippen LogP contribution is 2.32. The Bertz CT molecular complexity index is 1560. The molecule has 12 heteroatoms. The fourth-order valence-electron chi connectivity index (χ4n) is 6.84. The van der Waals surface area contributed by atoms with Crippen LogP contribution in [0.4, 0.5) is 0 Å². The summed E-state index contributed by atoms with van der Waals surface area (Å²) in [6.07, 6.45) is -1.78. The van der Waals surface area contributed by atoms with Crippen molar-refractivity contribution in [1.82, 2.24) is 16.0 Å². The Morgan fingerprint density at radius 3 is 1.29 bits per heavy atom. The van der Waals surface area contributed by atoms with Gasteiger partial charge in [0.25, 0.3) is 0 Å². The molecule has 3 aromatic carbocycles. The Kier molecular flexibility index (Phi) is 15.0. The van der Waals surface area contributed by atoms with E-state index in [9.17, 15) is 14.4 Å². The molecule has 298 valence electrons. The molecule has 1 aliphatic carbocycles. The lowest BCUT2D eigenvalue weighted by Gasteiger charge is -2.51. The number of hydrogen-bond acceptors (Lipinski definition) is 12. The molecule has 0 spiro atoms. The van der Waals surface area contributed by atoms with E-state index in [-0.39, 0.29) is 45.5 Å². The van der Waals surface area contributed by atoms with E-state index in [1.54, 1.807) is 0 Å². The first-order valence-electron chi connectivity index (χ1n) is 19.1. The predicted molar refractivity (Wildman–Crippen MR) is 207 cm³/mol. The van der Waals surface area contributed by atoms with E-state index in [1.807, 2.05) is 133 Å². The van der Waals surface area contributed by atoms with Crippen LogP contribution in [0.25, 0.3) is 0 Å². The van der Waals surface area contributed by atoms with Crippen LogP contribution in [0.3, 0.4) is 0 Å². The van der Waals surface area contributed by atoms with E-state index in [2.05, 4.69) is 16.0 Å². The minimum Gasteiger partial charge on any atom is -0.464 e. The highest BCUT2D eigenvalue weighted by atomic mass is 16.6. The van der Waals surface area contributed by atoms with E-state index >= 15 is 0 Å². The van der Waals surface area contributed by atoms with Gasteiger partial charge in [0, 0.05) is 6.42 Å². The van der Waals surface area contributed by atoms with Crippen LogP contribution in [0.2, 0.25) is 0 Å². The maximum atomic E-state index is 13.3. The Labute approximate surface area is 324 Å². The summed E-state index contributed by atoms with van der Waals surface area (Å²) in [6, 6.07) is 26.6. The number of cyclic esters (lactones) is 1. The quantitative estimate of drug-likeness (QED) is 0.131. The van der Waals surface area contributed by atoms with Crippen molar-refractivity contribution < 1.29 is 42.8 Å². The standard InChI is InChI=1S/C43H57N3O9/c1-42(2,3)54-33(47)24-44-35-38(51-26-29-16-10-7-11-17-29)36(45-25-34(48)55-43(4,5)6)40(53-28-31-20-14-9-15-21-31)37(46-32-22-23-50-41(32)49)39(35)52-27-30-18-12-8-13-19-30/h7-21,32,35-40,44-46H,22-28H2,1-6H3. The Balaban J connectivity index is 1.60. The van der Waals surface area contributed by atoms with Crippen molar-refractivity contribution in [2.75, 3.05) is 19.7 Å². The van der Waals surface area contributed by atoms with Gasteiger partial charge in [-0.25, -0.2) is 0 Å². The zero-order valence-electron chi connectivity index (χ0n) is 32.8. The molecule has 3 aromatic rings. The lowest BCUT2D eigenvalue weighted by molar-refractivity contribution is -0.171. The summed E-state index contributed by atoms with van der Waals surface area (Å²) in [4.78, 5) is 39.6. The van der Waals surface area contributed by atoms with Crippen molar-refractivity contribution in [1.29, 1.82) is 0 Å². The molecule has 5 atom stereocenters. The minimum atomic E-state index is -0.750. The fraction of sp³-hybridized carbons (Fsp3) is 0.512. The second-order valence-electron chi connectivity index (χ2n) is 16.0. The topological polar surface area (TPSA) is 143 Å². The molecule has 0 amide bonds. The zero-order valence-corrected chi connectivity index (χ0v) is 32.8. The van der Waals surface area contributed by atoms with Crippen LogP contribution in [-0.2, 0) is 62.6 Å². The van der Waals surface area contributed by atoms with Crippen molar-refractivity contribution >= 4 is 17.9 Å². The molecule has 0 bridgehead atoms. The predicted octanol–water partition coefficient (Wildman–Crippen LogP) is 4.63. The summed E-state index contributed by atoms with van der Waals surface area (Å²) in [5.74, 6) is -1.29. The summed E-state index contributed by atoms with van der Waals surface area (Å²) in [6.45, 7) is 11.5. The van der Waals surface area contributed by atoms with Crippen LogP contribution in [0.15, 0.2) is 91.0 Å². The van der Waals surface area contributed by atoms with Gasteiger partial charge in [-0.15, -0.1) is 0 Å². The molecule has 0 radical (unpaired) electrons. The number of nitrogens with one attached hydrogen (secondary N) is 3. The second kappa shape index (κ2) is 19.6. The highest BCUT2D eigenvalue weighted by molar-refractivity contribution is 5.77. The third kappa shape index (κ3) is 13.2. The van der Waals surface area contributed by atoms with Crippen molar-refractivity contribution in [3.05, 3.63) is 108 Å². The summed E-state index contributed by atoms with van der Waals surface area (Å²) >= 11 is 0. The Hall–Kier alpha value is -4.17. The summed E-state index contributed by atoms with van der Waals surface area (Å²) < 4.78 is 37.4. The molecule has 1 aliphatic heterocycles. The Morgan fingerprint density at radius 1 is 0.600 bits per heavy atom. The zero-order chi connectivity index (χ0) is 39.4. The van der Waals surface area contributed by atoms with Crippen molar-refractivity contribution in [2.24, 2.45) is 0 Å². The number of hydrogen-bond donors (Lipinski definition) is 3. The fourth-order valence-corrected chi connectivity index (χ4v) is 6.84. The van der Waals surface area contributed by atoms with E-state index in [1.165, 1.54) is 0 Å². The molecular formula is C43H57N3O9. The lowest BCUT2D eigenvalue weighted by atomic mass is 9.78. The largest absolute Gasteiger partial charge is 0.464 e. The van der Waals surface area contributed by atoms with Gasteiger partial charge < -0.3 is 28.4 Å². The minimum absolute atomic E-state index is 0.162. The van der Waals surface area contributed by atoms with Gasteiger partial charge in [-0.3, -0.25) is 30.3 Å². The number of benzene rings is 3. The van der Waals surface area contributed by atoms with Gasteiger partial charge in [0.1, 0.15) is 17.2 Å². The highest BCUT2D eigenvalue weighted by Gasteiger charge is 2.54. The van der Waals surface area contributed by atoms with Crippen LogP contribution >= 0.6 is 0 Å². The summed E-state index contributed by atoms with van der Waals surface area (Å²) in [5, 5.41) is 10.4. The molecule has 5 unspecified atom stereocenters. The molecule has 2 fully saturated rings. The van der Waals surface area contributed by atoms with Gasteiger partial charge in [0.2, 0.25) is 0 Å². The maximum Gasteiger partial charge on any atom is 0.323 e. The number of carbonyl (C=O) groups excluding carboxylic acids is 3. The van der Waals surface area contributed by atoms with Crippen molar-refractivity contribution in [3.8, 4) is 0 Å². The molecule has 3 N–H and O–H groups in total. The SMILES string of the molecule is CC(C)(C)OC(=O)CNC1C(OCc2ccccc2)C(NCC(=O)OC(C)(C)C)C(OCc2ccccc2)C(NC2CCOC2=O)C1OCc1ccccc1. The number of rotatable bonds is 17. The van der Waals surface area contributed by atoms with Gasteiger partial charge in [-0.05, 0) is 58.2 Å². The van der Waals surface area contributed by atoms with Crippen LogP contribution in [0.1, 0.15) is 64.7 Å². The van der Waals surface area contributed by atoms with E-state index in [0.717, 1.165) is 16.7 Å². The molecule has 0 aromatic heterocycles. The maximum absolute atomic E-state index is 13.3. The first-order chi connectivity index (χ1) is 26.3. The second-order valence-corrected chi connectivity index (χ2v) is 16.0. The molecular weight excluding hydrogens is 702 g/mol. The number of esters is 3. The number of ether oxygens (including phenoxy) is 6.